The van der Waals surface area contributed by atoms with E-state index in [0.29, 0.717) is 30.7 Å². The molecule has 1 aromatic heterocycles. The van der Waals surface area contributed by atoms with Gasteiger partial charge in [-0.3, -0.25) is 0 Å². The monoisotopic (exact) mass is 261 g/mol. The highest BCUT2D eigenvalue weighted by Gasteiger charge is 2.11. The minimum Gasteiger partial charge on any atom is -0.474 e. The highest BCUT2D eigenvalue weighted by molar-refractivity contribution is 5.79. The van der Waals surface area contributed by atoms with Gasteiger partial charge in [-0.15, -0.1) is 0 Å². The zero-order chi connectivity index (χ0) is 13.7. The molecule has 1 aromatic carbocycles. The number of nitrogens with two attached hydrogens (primary N) is 1. The SMILES string of the molecule is CCCOc1nc2ccc(N)cc2nc1OCCC. The first-order valence-electron chi connectivity index (χ1n) is 6.57. The van der Waals surface area contributed by atoms with Crippen molar-refractivity contribution in [2.75, 3.05) is 18.9 Å². The summed E-state index contributed by atoms with van der Waals surface area (Å²) in [6.07, 6.45) is 1.82. The normalized spacial score (nSPS) is 10.6. The molecule has 0 saturated heterocycles. The zero-order valence-corrected chi connectivity index (χ0v) is 11.3. The quantitative estimate of drug-likeness (QED) is 0.810. The van der Waals surface area contributed by atoms with Crippen LogP contribution in [0.15, 0.2) is 18.2 Å². The van der Waals surface area contributed by atoms with Gasteiger partial charge in [-0.25, -0.2) is 9.97 Å². The maximum Gasteiger partial charge on any atom is 0.278 e. The van der Waals surface area contributed by atoms with E-state index in [1.54, 1.807) is 12.1 Å². The lowest BCUT2D eigenvalue weighted by Gasteiger charge is -2.11. The number of benzene rings is 1. The van der Waals surface area contributed by atoms with E-state index >= 15 is 0 Å². The maximum atomic E-state index is 5.75. The Kier molecular flexibility index (Phi) is 4.39. The van der Waals surface area contributed by atoms with Crippen molar-refractivity contribution < 1.29 is 9.47 Å². The minimum absolute atomic E-state index is 0.438. The Morgan fingerprint density at radius 1 is 0.947 bits per heavy atom. The topological polar surface area (TPSA) is 70.3 Å². The van der Waals surface area contributed by atoms with E-state index in [2.05, 4.69) is 9.97 Å². The summed E-state index contributed by atoms with van der Waals surface area (Å²) in [7, 11) is 0. The second-order valence-corrected chi connectivity index (χ2v) is 4.28. The molecule has 19 heavy (non-hydrogen) atoms. The molecule has 0 atom stereocenters. The molecule has 5 heteroatoms. The van der Waals surface area contributed by atoms with Crippen LogP contribution in [-0.4, -0.2) is 23.2 Å². The molecule has 0 saturated carbocycles. The lowest BCUT2D eigenvalue weighted by atomic mass is 10.2. The van der Waals surface area contributed by atoms with Crippen LogP contribution in [-0.2, 0) is 0 Å². The molecule has 0 fully saturated rings. The summed E-state index contributed by atoms with van der Waals surface area (Å²) in [5.41, 5.74) is 7.88. The van der Waals surface area contributed by atoms with E-state index in [-0.39, 0.29) is 0 Å². The zero-order valence-electron chi connectivity index (χ0n) is 11.3. The van der Waals surface area contributed by atoms with Crippen molar-refractivity contribution in [3.8, 4) is 11.8 Å². The van der Waals surface area contributed by atoms with Crippen molar-refractivity contribution >= 4 is 16.7 Å². The molecular formula is C14H19N3O2. The number of anilines is 1. The Bertz CT molecular complexity index is 558. The van der Waals surface area contributed by atoms with E-state index in [0.717, 1.165) is 23.9 Å². The van der Waals surface area contributed by atoms with Gasteiger partial charge >= 0.3 is 0 Å². The van der Waals surface area contributed by atoms with E-state index in [9.17, 15) is 0 Å². The summed E-state index contributed by atoms with van der Waals surface area (Å²) in [6, 6.07) is 5.41. The van der Waals surface area contributed by atoms with Gasteiger partial charge in [0.25, 0.3) is 11.8 Å². The van der Waals surface area contributed by atoms with E-state index < -0.39 is 0 Å². The van der Waals surface area contributed by atoms with Crippen molar-refractivity contribution in [2.24, 2.45) is 0 Å². The van der Waals surface area contributed by atoms with Gasteiger partial charge in [0.15, 0.2) is 0 Å². The molecular weight excluding hydrogens is 242 g/mol. The summed E-state index contributed by atoms with van der Waals surface area (Å²) in [5.74, 6) is 0.890. The predicted molar refractivity (Wildman–Crippen MR) is 75.5 cm³/mol. The number of fused-ring (bicyclic) bond motifs is 1. The van der Waals surface area contributed by atoms with Gasteiger partial charge < -0.3 is 15.2 Å². The summed E-state index contributed by atoms with van der Waals surface area (Å²) in [4.78, 5) is 8.88. The van der Waals surface area contributed by atoms with Crippen LogP contribution in [0, 0.1) is 0 Å². The fourth-order valence-corrected chi connectivity index (χ4v) is 1.62. The van der Waals surface area contributed by atoms with Crippen LogP contribution in [0.25, 0.3) is 11.0 Å². The van der Waals surface area contributed by atoms with Gasteiger partial charge in [0, 0.05) is 5.69 Å². The third-order valence-corrected chi connectivity index (χ3v) is 2.51. The van der Waals surface area contributed by atoms with Crippen LogP contribution in [0.5, 0.6) is 11.8 Å². The van der Waals surface area contributed by atoms with Gasteiger partial charge in [0.05, 0.1) is 24.2 Å². The molecule has 0 unspecified atom stereocenters. The number of aromatic nitrogens is 2. The largest absolute Gasteiger partial charge is 0.474 e. The molecule has 1 heterocycles. The van der Waals surface area contributed by atoms with Gasteiger partial charge in [0.1, 0.15) is 0 Å². The Balaban J connectivity index is 2.40. The third-order valence-electron chi connectivity index (χ3n) is 2.51. The number of ether oxygens (including phenoxy) is 2. The van der Waals surface area contributed by atoms with Crippen LogP contribution in [0.2, 0.25) is 0 Å². The molecule has 2 N–H and O–H groups in total. The molecule has 2 aromatic rings. The van der Waals surface area contributed by atoms with Crippen LogP contribution in [0.3, 0.4) is 0 Å². The smallest absolute Gasteiger partial charge is 0.278 e. The fraction of sp³-hybridized carbons (Fsp3) is 0.429. The summed E-state index contributed by atoms with van der Waals surface area (Å²) in [6.45, 7) is 5.27. The average molecular weight is 261 g/mol. The molecule has 0 radical (unpaired) electrons. The van der Waals surface area contributed by atoms with Crippen molar-refractivity contribution in [2.45, 2.75) is 26.7 Å². The van der Waals surface area contributed by atoms with Crippen LogP contribution < -0.4 is 15.2 Å². The van der Waals surface area contributed by atoms with Crippen molar-refractivity contribution in [3.63, 3.8) is 0 Å². The Morgan fingerprint density at radius 2 is 1.53 bits per heavy atom. The lowest BCUT2D eigenvalue weighted by molar-refractivity contribution is 0.252. The van der Waals surface area contributed by atoms with Crippen molar-refractivity contribution in [3.05, 3.63) is 18.2 Å². The molecule has 0 aliphatic heterocycles. The molecule has 0 aliphatic rings. The number of hydrogen-bond acceptors (Lipinski definition) is 5. The molecule has 2 rings (SSSR count). The summed E-state index contributed by atoms with van der Waals surface area (Å²) < 4.78 is 11.2. The lowest BCUT2D eigenvalue weighted by Crippen LogP contribution is -2.05. The van der Waals surface area contributed by atoms with E-state index in [1.165, 1.54) is 0 Å². The number of nitrogen functional groups attached to an aromatic ring is 1. The molecule has 0 amide bonds. The number of nitrogens with zero attached hydrogens (tertiary/aromatic N) is 2. The predicted octanol–water partition coefficient (Wildman–Crippen LogP) is 2.79. The molecule has 0 bridgehead atoms. The second kappa shape index (κ2) is 6.22. The van der Waals surface area contributed by atoms with E-state index in [4.69, 9.17) is 15.2 Å². The van der Waals surface area contributed by atoms with Crippen LogP contribution >= 0.6 is 0 Å². The molecule has 5 nitrogen and oxygen atoms in total. The van der Waals surface area contributed by atoms with Gasteiger partial charge in [0.2, 0.25) is 0 Å². The number of hydrogen-bond donors (Lipinski definition) is 1. The average Bonchev–Trinajstić information content (AvgIpc) is 2.42. The molecule has 0 aliphatic carbocycles. The minimum atomic E-state index is 0.438. The van der Waals surface area contributed by atoms with E-state index in [1.807, 2.05) is 19.9 Å². The Labute approximate surface area is 112 Å². The van der Waals surface area contributed by atoms with Crippen LogP contribution in [0.4, 0.5) is 5.69 Å². The second-order valence-electron chi connectivity index (χ2n) is 4.28. The van der Waals surface area contributed by atoms with Crippen molar-refractivity contribution in [1.29, 1.82) is 0 Å². The van der Waals surface area contributed by atoms with Crippen molar-refractivity contribution in [1.82, 2.24) is 9.97 Å². The highest BCUT2D eigenvalue weighted by Crippen LogP contribution is 2.26. The van der Waals surface area contributed by atoms with Crippen LogP contribution in [0.1, 0.15) is 26.7 Å². The first-order chi connectivity index (χ1) is 9.24. The standard InChI is InChI=1S/C14H19N3O2/c1-3-7-18-13-14(19-8-4-2)17-12-9-10(15)5-6-11(12)16-13/h5-6,9H,3-4,7-8,15H2,1-2H3. The fourth-order valence-electron chi connectivity index (χ4n) is 1.62. The van der Waals surface area contributed by atoms with Gasteiger partial charge in [-0.1, -0.05) is 13.8 Å². The number of rotatable bonds is 6. The highest BCUT2D eigenvalue weighted by atomic mass is 16.5. The Morgan fingerprint density at radius 3 is 2.11 bits per heavy atom. The first kappa shape index (κ1) is 13.4. The Hall–Kier alpha value is -2.04. The molecule has 102 valence electrons. The first-order valence-corrected chi connectivity index (χ1v) is 6.57. The summed E-state index contributed by atoms with van der Waals surface area (Å²) in [5, 5.41) is 0. The maximum absolute atomic E-state index is 5.75. The summed E-state index contributed by atoms with van der Waals surface area (Å²) >= 11 is 0. The van der Waals surface area contributed by atoms with Gasteiger partial charge in [-0.2, -0.15) is 0 Å². The third kappa shape index (κ3) is 3.24. The molecule has 0 spiro atoms. The van der Waals surface area contributed by atoms with Gasteiger partial charge in [-0.05, 0) is 31.0 Å².